The molecular formula is C54H76O6. The van der Waals surface area contributed by atoms with Gasteiger partial charge in [0.15, 0.2) is 0 Å². The number of carbonyl (C=O) groups is 2. The maximum atomic E-state index is 14.2. The predicted octanol–water partition coefficient (Wildman–Crippen LogP) is 15.7. The maximum Gasteiger partial charge on any atom is 0.338 e. The van der Waals surface area contributed by atoms with Crippen molar-refractivity contribution in [3.63, 3.8) is 0 Å². The number of esters is 2. The van der Waals surface area contributed by atoms with Gasteiger partial charge >= 0.3 is 11.9 Å². The van der Waals surface area contributed by atoms with Crippen molar-refractivity contribution in [2.75, 3.05) is 26.4 Å². The third-order valence-electron chi connectivity index (χ3n) is 13.3. The molecule has 0 saturated heterocycles. The van der Waals surface area contributed by atoms with Gasteiger partial charge in [-0.15, -0.1) is 0 Å². The number of hydrogen-bond acceptors (Lipinski definition) is 6. The lowest BCUT2D eigenvalue weighted by molar-refractivity contribution is 0.0421. The lowest BCUT2D eigenvalue weighted by atomic mass is 9.86. The quantitative estimate of drug-likeness (QED) is 0.0284. The summed E-state index contributed by atoms with van der Waals surface area (Å²) in [6, 6.07) is 16.4. The second-order valence-electron chi connectivity index (χ2n) is 17.5. The molecule has 5 aromatic rings. The normalized spacial score (nSPS) is 13.9. The van der Waals surface area contributed by atoms with Crippen LogP contribution < -0.4 is 9.47 Å². The van der Waals surface area contributed by atoms with E-state index in [0.29, 0.717) is 72.7 Å². The number of fused-ring (bicyclic) bond motifs is 2. The van der Waals surface area contributed by atoms with Gasteiger partial charge in [-0.05, 0) is 95.2 Å². The molecule has 0 heterocycles. The molecule has 0 bridgehead atoms. The van der Waals surface area contributed by atoms with Crippen LogP contribution in [0.3, 0.4) is 0 Å². The Morgan fingerprint density at radius 3 is 1.00 bits per heavy atom. The molecule has 0 aliphatic rings. The molecule has 0 aliphatic carbocycles. The average Bonchev–Trinajstić information content (AvgIpc) is 3.28. The summed E-state index contributed by atoms with van der Waals surface area (Å²) < 4.78 is 25.8. The van der Waals surface area contributed by atoms with Gasteiger partial charge in [0.1, 0.15) is 11.5 Å². The summed E-state index contributed by atoms with van der Waals surface area (Å²) >= 11 is 0. The largest absolute Gasteiger partial charge is 0.493 e. The molecule has 0 fully saturated rings. The van der Waals surface area contributed by atoms with Crippen LogP contribution in [-0.4, -0.2) is 38.4 Å². The third-order valence-corrected chi connectivity index (χ3v) is 13.3. The highest BCUT2D eigenvalue weighted by molar-refractivity contribution is 6.36. The summed E-state index contributed by atoms with van der Waals surface area (Å²) in [5, 5.41) is 7.56. The first-order valence-corrected chi connectivity index (χ1v) is 24.1. The minimum atomic E-state index is -0.313. The van der Waals surface area contributed by atoms with Crippen LogP contribution in [0.4, 0.5) is 0 Å². The summed E-state index contributed by atoms with van der Waals surface area (Å²) in [5.74, 6) is 2.31. The molecule has 5 rings (SSSR count). The van der Waals surface area contributed by atoms with Gasteiger partial charge in [-0.2, -0.15) is 0 Å². The lowest BCUT2D eigenvalue weighted by Crippen LogP contribution is -2.16. The van der Waals surface area contributed by atoms with E-state index in [1.54, 1.807) is 0 Å². The highest BCUT2D eigenvalue weighted by Crippen LogP contribution is 2.47. The molecule has 6 heteroatoms. The van der Waals surface area contributed by atoms with Crippen LogP contribution in [0, 0.1) is 23.7 Å². The molecule has 328 valence electrons. The number of unbranched alkanes of at least 4 members (excludes halogenated alkanes) is 4. The van der Waals surface area contributed by atoms with Crippen molar-refractivity contribution in [1.82, 2.24) is 0 Å². The molecule has 0 spiro atoms. The zero-order valence-electron chi connectivity index (χ0n) is 38.5. The summed E-state index contributed by atoms with van der Waals surface area (Å²) in [5.41, 5.74) is 1.06. The van der Waals surface area contributed by atoms with Gasteiger partial charge in [-0.25, -0.2) is 9.59 Å². The van der Waals surface area contributed by atoms with Crippen molar-refractivity contribution in [2.45, 2.75) is 158 Å². The van der Waals surface area contributed by atoms with E-state index in [4.69, 9.17) is 18.9 Å². The fourth-order valence-electron chi connectivity index (χ4n) is 8.96. The fraction of sp³-hybridized carbons (Fsp3) is 0.593. The van der Waals surface area contributed by atoms with E-state index in [1.165, 1.54) is 0 Å². The number of carbonyl (C=O) groups excluding carboxylic acids is 2. The van der Waals surface area contributed by atoms with Gasteiger partial charge in [0.25, 0.3) is 0 Å². The Morgan fingerprint density at radius 1 is 0.400 bits per heavy atom. The van der Waals surface area contributed by atoms with Gasteiger partial charge in [-0.3, -0.25) is 0 Å². The van der Waals surface area contributed by atoms with Crippen molar-refractivity contribution in [3.8, 4) is 11.5 Å². The molecule has 0 aliphatic heterocycles. The van der Waals surface area contributed by atoms with Crippen molar-refractivity contribution in [2.24, 2.45) is 23.7 Å². The highest BCUT2D eigenvalue weighted by atomic mass is 16.5. The Morgan fingerprint density at radius 2 is 0.700 bits per heavy atom. The van der Waals surface area contributed by atoms with E-state index in [9.17, 15) is 9.59 Å². The Bertz CT molecular complexity index is 1930. The first kappa shape index (κ1) is 47.0. The Hall–Kier alpha value is -4.06. The lowest BCUT2D eigenvalue weighted by Gasteiger charge is -2.23. The van der Waals surface area contributed by atoms with Crippen LogP contribution in [0.25, 0.3) is 43.1 Å². The molecule has 4 atom stereocenters. The van der Waals surface area contributed by atoms with Crippen molar-refractivity contribution < 1.29 is 28.5 Å². The van der Waals surface area contributed by atoms with E-state index in [2.05, 4.69) is 79.7 Å². The van der Waals surface area contributed by atoms with Crippen LogP contribution in [0.1, 0.15) is 179 Å². The first-order chi connectivity index (χ1) is 29.3. The number of benzene rings is 5. The minimum absolute atomic E-state index is 0.313. The van der Waals surface area contributed by atoms with Gasteiger partial charge in [-0.1, -0.05) is 157 Å². The van der Waals surface area contributed by atoms with E-state index in [1.807, 2.05) is 24.3 Å². The fourth-order valence-corrected chi connectivity index (χ4v) is 8.96. The molecular weight excluding hydrogens is 745 g/mol. The second kappa shape index (κ2) is 23.8. The molecule has 0 radical (unpaired) electrons. The van der Waals surface area contributed by atoms with E-state index in [-0.39, 0.29) is 11.9 Å². The molecule has 0 aromatic heterocycles. The second-order valence-corrected chi connectivity index (χ2v) is 17.5. The van der Waals surface area contributed by atoms with Crippen LogP contribution in [0.15, 0.2) is 48.5 Å². The third kappa shape index (κ3) is 11.2. The summed E-state index contributed by atoms with van der Waals surface area (Å²) in [4.78, 5) is 28.5. The molecule has 6 nitrogen and oxygen atoms in total. The topological polar surface area (TPSA) is 71.1 Å². The molecule has 0 N–H and O–H groups in total. The van der Waals surface area contributed by atoms with Crippen molar-refractivity contribution in [3.05, 3.63) is 59.7 Å². The average molecular weight is 821 g/mol. The predicted molar refractivity (Wildman–Crippen MR) is 252 cm³/mol. The van der Waals surface area contributed by atoms with Crippen molar-refractivity contribution >= 4 is 55.0 Å². The maximum absolute atomic E-state index is 14.2. The Kier molecular flexibility index (Phi) is 18.6. The monoisotopic (exact) mass is 821 g/mol. The van der Waals surface area contributed by atoms with E-state index < -0.39 is 0 Å². The Labute approximate surface area is 361 Å². The molecule has 0 saturated carbocycles. The molecule has 5 aromatic carbocycles. The van der Waals surface area contributed by atoms with Gasteiger partial charge in [0.2, 0.25) is 0 Å². The number of ether oxygens (including phenoxy) is 4. The molecule has 0 amide bonds. The zero-order chi connectivity index (χ0) is 43.0. The highest BCUT2D eigenvalue weighted by Gasteiger charge is 2.26. The summed E-state index contributed by atoms with van der Waals surface area (Å²) in [7, 11) is 0. The summed E-state index contributed by atoms with van der Waals surface area (Å²) in [6.07, 6.45) is 17.5. The number of hydrogen-bond donors (Lipinski definition) is 0. The standard InChI is InChI=1S/C54H76O6/c1-9-17-21-37(13-5)33-57-47-31-29-43-44-30-32-48(58-34-38(14-6)22-18-10-2)52-46(54(56)60-36-40(16-8)24-20-12-4)28-26-42(50(44)52)41-25-27-45(51(47)49(41)43)53(55)59-35-39(15-7)23-19-11-3/h25-32,37-40H,9-24,33-36H2,1-8H3. The van der Waals surface area contributed by atoms with Gasteiger partial charge < -0.3 is 18.9 Å². The van der Waals surface area contributed by atoms with Crippen LogP contribution >= 0.6 is 0 Å². The Balaban J connectivity index is 1.71. The van der Waals surface area contributed by atoms with Crippen LogP contribution in [-0.2, 0) is 9.47 Å². The SMILES string of the molecule is CCCCC(CC)COC(=O)c1ccc2c3ccc(C(=O)OCC(CC)CCCC)c4c(OCC(CC)CCCC)ccc(c5ccc(OCC(CC)CCCC)c1c52)c43. The zero-order valence-corrected chi connectivity index (χ0v) is 38.5. The molecule has 4 unspecified atom stereocenters. The van der Waals surface area contributed by atoms with Crippen LogP contribution in [0.5, 0.6) is 11.5 Å². The number of rotatable bonds is 28. The van der Waals surface area contributed by atoms with Crippen molar-refractivity contribution in [1.29, 1.82) is 0 Å². The van der Waals surface area contributed by atoms with Gasteiger partial charge in [0, 0.05) is 21.5 Å². The van der Waals surface area contributed by atoms with E-state index >= 15 is 0 Å². The van der Waals surface area contributed by atoms with E-state index in [0.717, 1.165) is 146 Å². The smallest absolute Gasteiger partial charge is 0.338 e. The van der Waals surface area contributed by atoms with Crippen LogP contribution in [0.2, 0.25) is 0 Å². The van der Waals surface area contributed by atoms with Gasteiger partial charge in [0.05, 0.1) is 37.6 Å². The summed E-state index contributed by atoms with van der Waals surface area (Å²) in [6.45, 7) is 19.7. The molecule has 60 heavy (non-hydrogen) atoms. The first-order valence-electron chi connectivity index (χ1n) is 24.1. The minimum Gasteiger partial charge on any atom is -0.493 e.